The molecule has 0 aromatic rings. The van der Waals surface area contributed by atoms with Crippen LogP contribution in [-0.4, -0.2) is 0 Å². The molecule has 0 bridgehead atoms. The molecule has 11 heavy (non-hydrogen) atoms. The molecular weight excluding hydrogens is 132 g/mol. The Hall–Kier alpha value is -0.520. The summed E-state index contributed by atoms with van der Waals surface area (Å²) in [7, 11) is 0. The van der Waals surface area contributed by atoms with Gasteiger partial charge in [0.25, 0.3) is 0 Å². The first-order chi connectivity index (χ1) is 5.27. The molecule has 1 rings (SSSR count). The van der Waals surface area contributed by atoms with E-state index in [1.54, 1.807) is 5.57 Å². The Kier molecular flexibility index (Phi) is 2.92. The fourth-order valence-corrected chi connectivity index (χ4v) is 1.34. The van der Waals surface area contributed by atoms with Crippen molar-refractivity contribution < 1.29 is 0 Å². The first-order valence-electron chi connectivity index (χ1n) is 4.61. The van der Waals surface area contributed by atoms with E-state index in [2.05, 4.69) is 32.9 Å². The van der Waals surface area contributed by atoms with Gasteiger partial charge in [-0.1, -0.05) is 30.2 Å². The lowest BCUT2D eigenvalue weighted by Crippen LogP contribution is -1.83. The number of hydrogen-bond acceptors (Lipinski definition) is 0. The Labute approximate surface area is 70.0 Å². The van der Waals surface area contributed by atoms with Crippen molar-refractivity contribution in [1.29, 1.82) is 0 Å². The van der Waals surface area contributed by atoms with Crippen LogP contribution >= 0.6 is 0 Å². The molecule has 0 spiro atoms. The Balaban J connectivity index is 2.58. The fourth-order valence-electron chi connectivity index (χ4n) is 1.34. The van der Waals surface area contributed by atoms with Crippen molar-refractivity contribution >= 4 is 0 Å². The quantitative estimate of drug-likeness (QED) is 0.538. The normalized spacial score (nSPS) is 20.6. The highest BCUT2D eigenvalue weighted by Crippen LogP contribution is 2.38. The van der Waals surface area contributed by atoms with Gasteiger partial charge in [0, 0.05) is 0 Å². The zero-order valence-electron chi connectivity index (χ0n) is 7.85. The van der Waals surface area contributed by atoms with Crippen LogP contribution in [-0.2, 0) is 0 Å². The summed E-state index contributed by atoms with van der Waals surface area (Å²) in [6, 6.07) is 0. The van der Waals surface area contributed by atoms with Gasteiger partial charge in [-0.2, -0.15) is 0 Å². The van der Waals surface area contributed by atoms with Gasteiger partial charge in [0.15, 0.2) is 0 Å². The zero-order chi connectivity index (χ0) is 8.27. The monoisotopic (exact) mass is 150 g/mol. The Bertz CT molecular complexity index is 180. The number of allylic oxidation sites excluding steroid dienone is 4. The summed E-state index contributed by atoms with van der Waals surface area (Å²) >= 11 is 0. The van der Waals surface area contributed by atoms with E-state index in [-0.39, 0.29) is 0 Å². The molecule has 1 fully saturated rings. The minimum absolute atomic E-state index is 0.940. The number of rotatable bonds is 3. The standard InChI is InChI=1S/C11H18/c1-4-9(3)8-10(5-2)11-6-7-11/h4,8,11H,5-7H2,1-3H3. The van der Waals surface area contributed by atoms with Crippen molar-refractivity contribution in [2.45, 2.75) is 40.0 Å². The molecule has 1 aliphatic carbocycles. The molecule has 0 aromatic heterocycles. The zero-order valence-corrected chi connectivity index (χ0v) is 7.85. The molecule has 0 saturated heterocycles. The van der Waals surface area contributed by atoms with Crippen molar-refractivity contribution in [2.24, 2.45) is 5.92 Å². The van der Waals surface area contributed by atoms with Crippen LogP contribution in [0.3, 0.4) is 0 Å². The molecular formula is C11H18. The molecule has 0 atom stereocenters. The van der Waals surface area contributed by atoms with Crippen LogP contribution in [0.25, 0.3) is 0 Å². The van der Waals surface area contributed by atoms with Crippen molar-refractivity contribution in [3.05, 3.63) is 23.3 Å². The second-order valence-electron chi connectivity index (χ2n) is 3.38. The maximum atomic E-state index is 2.36. The first kappa shape index (κ1) is 8.58. The summed E-state index contributed by atoms with van der Waals surface area (Å²) in [6.45, 7) is 6.54. The van der Waals surface area contributed by atoms with Crippen molar-refractivity contribution in [1.82, 2.24) is 0 Å². The summed E-state index contributed by atoms with van der Waals surface area (Å²) in [5.41, 5.74) is 3.06. The third-order valence-electron chi connectivity index (χ3n) is 2.38. The van der Waals surface area contributed by atoms with Crippen LogP contribution in [0.5, 0.6) is 0 Å². The van der Waals surface area contributed by atoms with Crippen LogP contribution in [0.2, 0.25) is 0 Å². The van der Waals surface area contributed by atoms with E-state index in [0.29, 0.717) is 0 Å². The van der Waals surface area contributed by atoms with E-state index >= 15 is 0 Å². The van der Waals surface area contributed by atoms with Crippen molar-refractivity contribution in [3.63, 3.8) is 0 Å². The predicted molar refractivity (Wildman–Crippen MR) is 50.5 cm³/mol. The smallest absolute Gasteiger partial charge is 0.0200 e. The SMILES string of the molecule is CC=C(C)C=C(CC)C1CC1. The van der Waals surface area contributed by atoms with Crippen LogP contribution in [0.4, 0.5) is 0 Å². The van der Waals surface area contributed by atoms with Gasteiger partial charge < -0.3 is 0 Å². The average molecular weight is 150 g/mol. The van der Waals surface area contributed by atoms with Gasteiger partial charge in [0.1, 0.15) is 0 Å². The second kappa shape index (κ2) is 3.75. The van der Waals surface area contributed by atoms with E-state index in [4.69, 9.17) is 0 Å². The molecule has 0 nitrogen and oxygen atoms in total. The number of hydrogen-bond donors (Lipinski definition) is 0. The molecule has 62 valence electrons. The lowest BCUT2D eigenvalue weighted by molar-refractivity contribution is 0.909. The van der Waals surface area contributed by atoms with Gasteiger partial charge in [-0.05, 0) is 39.0 Å². The second-order valence-corrected chi connectivity index (χ2v) is 3.38. The lowest BCUT2D eigenvalue weighted by Gasteiger charge is -2.00. The van der Waals surface area contributed by atoms with Crippen molar-refractivity contribution in [3.8, 4) is 0 Å². The summed E-state index contributed by atoms with van der Waals surface area (Å²) in [5, 5.41) is 0. The highest BCUT2D eigenvalue weighted by molar-refractivity contribution is 5.24. The highest BCUT2D eigenvalue weighted by atomic mass is 14.3. The molecule has 0 radical (unpaired) electrons. The third-order valence-corrected chi connectivity index (χ3v) is 2.38. The summed E-state index contributed by atoms with van der Waals surface area (Å²) < 4.78 is 0. The average Bonchev–Trinajstić information content (AvgIpc) is 2.82. The van der Waals surface area contributed by atoms with E-state index in [1.807, 2.05) is 0 Å². The van der Waals surface area contributed by atoms with Gasteiger partial charge in [0.05, 0.1) is 0 Å². The Morgan fingerprint density at radius 3 is 2.45 bits per heavy atom. The lowest BCUT2D eigenvalue weighted by atomic mass is 10.1. The van der Waals surface area contributed by atoms with Gasteiger partial charge in [-0.3, -0.25) is 0 Å². The van der Waals surface area contributed by atoms with Gasteiger partial charge >= 0.3 is 0 Å². The van der Waals surface area contributed by atoms with Crippen LogP contribution in [0, 0.1) is 5.92 Å². The van der Waals surface area contributed by atoms with E-state index in [0.717, 1.165) is 5.92 Å². The summed E-state index contributed by atoms with van der Waals surface area (Å²) in [6.07, 6.45) is 8.62. The summed E-state index contributed by atoms with van der Waals surface area (Å²) in [5.74, 6) is 0.940. The van der Waals surface area contributed by atoms with Crippen LogP contribution in [0.1, 0.15) is 40.0 Å². The molecule has 1 aliphatic rings. The minimum Gasteiger partial charge on any atom is -0.0847 e. The van der Waals surface area contributed by atoms with E-state index < -0.39 is 0 Å². The third kappa shape index (κ3) is 2.53. The largest absolute Gasteiger partial charge is 0.0847 e. The Morgan fingerprint density at radius 2 is 2.09 bits per heavy atom. The van der Waals surface area contributed by atoms with E-state index in [9.17, 15) is 0 Å². The molecule has 0 heteroatoms. The minimum atomic E-state index is 0.940. The first-order valence-corrected chi connectivity index (χ1v) is 4.61. The molecule has 0 unspecified atom stereocenters. The van der Waals surface area contributed by atoms with Crippen molar-refractivity contribution in [2.75, 3.05) is 0 Å². The fraction of sp³-hybridized carbons (Fsp3) is 0.636. The molecule has 1 saturated carbocycles. The summed E-state index contributed by atoms with van der Waals surface area (Å²) in [4.78, 5) is 0. The Morgan fingerprint density at radius 1 is 1.45 bits per heavy atom. The molecule has 0 N–H and O–H groups in total. The molecule has 0 aliphatic heterocycles. The van der Waals surface area contributed by atoms with E-state index in [1.165, 1.54) is 24.8 Å². The molecule has 0 aromatic carbocycles. The molecule has 0 heterocycles. The predicted octanol–water partition coefficient (Wildman–Crippen LogP) is 3.70. The highest BCUT2D eigenvalue weighted by Gasteiger charge is 2.24. The topological polar surface area (TPSA) is 0 Å². The maximum absolute atomic E-state index is 2.36. The van der Waals surface area contributed by atoms with Crippen LogP contribution < -0.4 is 0 Å². The maximum Gasteiger partial charge on any atom is -0.0200 e. The molecule has 0 amide bonds. The van der Waals surface area contributed by atoms with Gasteiger partial charge in [-0.25, -0.2) is 0 Å². The van der Waals surface area contributed by atoms with Gasteiger partial charge in [0.2, 0.25) is 0 Å². The van der Waals surface area contributed by atoms with Crippen LogP contribution in [0.15, 0.2) is 23.3 Å². The van der Waals surface area contributed by atoms with Gasteiger partial charge in [-0.15, -0.1) is 0 Å².